The lowest BCUT2D eigenvalue weighted by molar-refractivity contribution is -0.138. The Morgan fingerprint density at radius 2 is 2.00 bits per heavy atom. The highest BCUT2D eigenvalue weighted by Gasteiger charge is 2.25. The van der Waals surface area contributed by atoms with Crippen molar-refractivity contribution in [3.8, 4) is 6.07 Å². The van der Waals surface area contributed by atoms with Gasteiger partial charge in [-0.3, -0.25) is 14.6 Å². The first kappa shape index (κ1) is 19.4. The number of likely N-dealkylation sites (N-methyl/N-ethyl adjacent to an activating group) is 1. The molecule has 144 valence electrons. The summed E-state index contributed by atoms with van der Waals surface area (Å²) in [4.78, 5) is 34.1. The van der Waals surface area contributed by atoms with Crippen LogP contribution in [0.3, 0.4) is 0 Å². The molecule has 1 aliphatic heterocycles. The summed E-state index contributed by atoms with van der Waals surface area (Å²) in [6, 6.07) is 9.99. The number of benzene rings is 1. The molecule has 2 heterocycles. The van der Waals surface area contributed by atoms with E-state index in [1.165, 1.54) is 11.0 Å². The van der Waals surface area contributed by atoms with Gasteiger partial charge in [0, 0.05) is 44.3 Å². The molecule has 3 rings (SSSR count). The summed E-state index contributed by atoms with van der Waals surface area (Å²) in [6.45, 7) is 8.17. The van der Waals surface area contributed by atoms with Crippen LogP contribution in [-0.2, 0) is 9.59 Å². The van der Waals surface area contributed by atoms with Crippen molar-refractivity contribution in [1.29, 1.82) is 5.26 Å². The third-order valence-electron chi connectivity index (χ3n) is 5.01. The summed E-state index contributed by atoms with van der Waals surface area (Å²) in [7, 11) is 0. The Kier molecular flexibility index (Phi) is 5.90. The van der Waals surface area contributed by atoms with Crippen molar-refractivity contribution in [3.63, 3.8) is 0 Å². The van der Waals surface area contributed by atoms with Crippen LogP contribution in [0.5, 0.6) is 0 Å². The quantitative estimate of drug-likeness (QED) is 0.742. The molecule has 28 heavy (non-hydrogen) atoms. The minimum absolute atomic E-state index is 0.0585. The predicted octanol–water partition coefficient (Wildman–Crippen LogP) is 1.79. The van der Waals surface area contributed by atoms with E-state index in [9.17, 15) is 14.9 Å². The topological polar surface area (TPSA) is 80.5 Å². The fraction of sp³-hybridized carbons (Fsp3) is 0.333. The number of pyridine rings is 1. The zero-order valence-electron chi connectivity index (χ0n) is 16.0. The van der Waals surface area contributed by atoms with E-state index in [1.807, 2.05) is 31.2 Å². The first-order valence-electron chi connectivity index (χ1n) is 9.31. The number of fused-ring (bicyclic) bond motifs is 1. The molecular formula is C21H23N5O2. The molecule has 0 spiro atoms. The third-order valence-corrected chi connectivity index (χ3v) is 5.01. The van der Waals surface area contributed by atoms with Crippen molar-refractivity contribution in [3.05, 3.63) is 48.7 Å². The second kappa shape index (κ2) is 8.53. The smallest absolute Gasteiger partial charge is 0.246 e. The average Bonchev–Trinajstić information content (AvgIpc) is 2.76. The fourth-order valence-corrected chi connectivity index (χ4v) is 3.47. The van der Waals surface area contributed by atoms with Gasteiger partial charge in [-0.15, -0.1) is 0 Å². The third kappa shape index (κ3) is 3.81. The monoisotopic (exact) mass is 377 g/mol. The van der Waals surface area contributed by atoms with Crippen LogP contribution in [0.4, 0.5) is 5.69 Å². The van der Waals surface area contributed by atoms with E-state index in [0.29, 0.717) is 38.3 Å². The van der Waals surface area contributed by atoms with Crippen molar-refractivity contribution in [2.24, 2.45) is 0 Å². The second-order valence-corrected chi connectivity index (χ2v) is 6.57. The largest absolute Gasteiger partial charge is 0.366 e. The van der Waals surface area contributed by atoms with Crippen LogP contribution in [0.1, 0.15) is 12.5 Å². The highest BCUT2D eigenvalue weighted by Crippen LogP contribution is 2.30. The molecule has 1 saturated heterocycles. The summed E-state index contributed by atoms with van der Waals surface area (Å²) in [6.07, 6.45) is 2.84. The minimum atomic E-state index is -0.239. The predicted molar refractivity (Wildman–Crippen MR) is 108 cm³/mol. The van der Waals surface area contributed by atoms with E-state index in [-0.39, 0.29) is 18.4 Å². The molecule has 1 fully saturated rings. The Hall–Kier alpha value is -3.40. The van der Waals surface area contributed by atoms with Crippen LogP contribution in [0, 0.1) is 11.3 Å². The Bertz CT molecular complexity index is 941. The first-order valence-corrected chi connectivity index (χ1v) is 9.31. The van der Waals surface area contributed by atoms with Gasteiger partial charge in [-0.05, 0) is 19.1 Å². The number of carbonyl (C=O) groups is 2. The van der Waals surface area contributed by atoms with Gasteiger partial charge in [-0.2, -0.15) is 5.26 Å². The zero-order chi connectivity index (χ0) is 20.1. The second-order valence-electron chi connectivity index (χ2n) is 6.57. The standard InChI is InChI=1S/C21H23N5O2/c1-3-19(27)24(4-2)15-20(28)25-9-11-26(12-10-25)21-16(13-22)14-23-18-8-6-5-7-17(18)21/h3,5-8,14H,1,4,9-12,15H2,2H3. The van der Waals surface area contributed by atoms with Crippen LogP contribution in [0.2, 0.25) is 0 Å². The van der Waals surface area contributed by atoms with E-state index in [4.69, 9.17) is 0 Å². The molecule has 2 amide bonds. The first-order chi connectivity index (χ1) is 13.6. The Morgan fingerprint density at radius 3 is 2.64 bits per heavy atom. The summed E-state index contributed by atoms with van der Waals surface area (Å²) < 4.78 is 0. The Labute approximate surface area is 164 Å². The van der Waals surface area contributed by atoms with Gasteiger partial charge in [0.1, 0.15) is 6.07 Å². The molecule has 0 radical (unpaired) electrons. The molecule has 1 aromatic carbocycles. The number of amides is 2. The normalized spacial score (nSPS) is 13.9. The maximum Gasteiger partial charge on any atom is 0.246 e. The molecule has 0 aliphatic carbocycles. The Morgan fingerprint density at radius 1 is 1.29 bits per heavy atom. The number of hydrogen-bond donors (Lipinski definition) is 0. The summed E-state index contributed by atoms with van der Waals surface area (Å²) >= 11 is 0. The molecule has 0 bridgehead atoms. The number of piperazine rings is 1. The van der Waals surface area contributed by atoms with E-state index in [2.05, 4.69) is 22.5 Å². The Balaban J connectivity index is 1.73. The molecule has 1 aromatic heterocycles. The van der Waals surface area contributed by atoms with E-state index >= 15 is 0 Å². The molecule has 7 nitrogen and oxygen atoms in total. The number of anilines is 1. The summed E-state index contributed by atoms with van der Waals surface area (Å²) in [5, 5.41) is 10.5. The van der Waals surface area contributed by atoms with Crippen LogP contribution >= 0.6 is 0 Å². The van der Waals surface area contributed by atoms with Crippen molar-refractivity contribution < 1.29 is 9.59 Å². The van der Waals surface area contributed by atoms with Crippen molar-refractivity contribution in [2.75, 3.05) is 44.2 Å². The van der Waals surface area contributed by atoms with Gasteiger partial charge in [-0.25, -0.2) is 0 Å². The summed E-state index contributed by atoms with van der Waals surface area (Å²) in [5.41, 5.74) is 2.25. The lowest BCUT2D eigenvalue weighted by Crippen LogP contribution is -2.52. The number of hydrogen-bond acceptors (Lipinski definition) is 5. The van der Waals surface area contributed by atoms with Gasteiger partial charge in [-0.1, -0.05) is 24.8 Å². The highest BCUT2D eigenvalue weighted by atomic mass is 16.2. The van der Waals surface area contributed by atoms with Crippen LogP contribution in [0.25, 0.3) is 10.9 Å². The van der Waals surface area contributed by atoms with Crippen LogP contribution in [0.15, 0.2) is 43.1 Å². The molecular weight excluding hydrogens is 354 g/mol. The number of rotatable bonds is 5. The average molecular weight is 377 g/mol. The zero-order valence-corrected chi connectivity index (χ0v) is 16.0. The fourth-order valence-electron chi connectivity index (χ4n) is 3.47. The van der Waals surface area contributed by atoms with Gasteiger partial charge in [0.2, 0.25) is 11.8 Å². The highest BCUT2D eigenvalue weighted by molar-refractivity contribution is 5.94. The minimum Gasteiger partial charge on any atom is -0.366 e. The SMILES string of the molecule is C=CC(=O)N(CC)CC(=O)N1CCN(c2c(C#N)cnc3ccccc23)CC1. The lowest BCUT2D eigenvalue weighted by Gasteiger charge is -2.37. The lowest BCUT2D eigenvalue weighted by atomic mass is 10.1. The maximum absolute atomic E-state index is 12.6. The van der Waals surface area contributed by atoms with Crippen LogP contribution < -0.4 is 4.90 Å². The summed E-state index contributed by atoms with van der Waals surface area (Å²) in [5.74, 6) is -0.312. The number of carbonyl (C=O) groups excluding carboxylic acids is 2. The number of nitriles is 1. The van der Waals surface area contributed by atoms with E-state index in [1.54, 1.807) is 11.1 Å². The van der Waals surface area contributed by atoms with Crippen molar-refractivity contribution in [1.82, 2.24) is 14.8 Å². The van der Waals surface area contributed by atoms with Crippen molar-refractivity contribution >= 4 is 28.4 Å². The van der Waals surface area contributed by atoms with Crippen LogP contribution in [-0.4, -0.2) is 65.9 Å². The molecule has 0 unspecified atom stereocenters. The molecule has 1 aliphatic rings. The van der Waals surface area contributed by atoms with Gasteiger partial charge in [0.25, 0.3) is 0 Å². The van der Waals surface area contributed by atoms with E-state index in [0.717, 1.165) is 16.6 Å². The number of para-hydroxylation sites is 1. The molecule has 0 N–H and O–H groups in total. The number of aromatic nitrogens is 1. The van der Waals surface area contributed by atoms with Gasteiger partial charge < -0.3 is 14.7 Å². The molecule has 0 saturated carbocycles. The molecule has 7 heteroatoms. The van der Waals surface area contributed by atoms with Gasteiger partial charge >= 0.3 is 0 Å². The van der Waals surface area contributed by atoms with E-state index < -0.39 is 0 Å². The van der Waals surface area contributed by atoms with Crippen molar-refractivity contribution in [2.45, 2.75) is 6.92 Å². The van der Waals surface area contributed by atoms with Gasteiger partial charge in [0.05, 0.1) is 23.3 Å². The van der Waals surface area contributed by atoms with Gasteiger partial charge in [0.15, 0.2) is 0 Å². The molecule has 0 atom stereocenters. The molecule has 2 aromatic rings. The maximum atomic E-state index is 12.6. The number of nitrogens with zero attached hydrogens (tertiary/aromatic N) is 5.